The zero-order valence-corrected chi connectivity index (χ0v) is 6.42. The molecule has 0 spiro atoms. The van der Waals surface area contributed by atoms with Crippen molar-refractivity contribution >= 4 is 5.97 Å². The van der Waals surface area contributed by atoms with Gasteiger partial charge >= 0.3 is 5.97 Å². The topological polar surface area (TPSA) is 46.5 Å². The van der Waals surface area contributed by atoms with Crippen LogP contribution in [0.1, 0.15) is 13.8 Å². The summed E-state index contributed by atoms with van der Waals surface area (Å²) in [5.41, 5.74) is 0.887. The minimum absolute atomic E-state index is 0.624. The molecule has 0 saturated carbocycles. The van der Waals surface area contributed by atoms with E-state index in [1.807, 2.05) is 0 Å². The van der Waals surface area contributed by atoms with Gasteiger partial charge in [-0.05, 0) is 19.9 Å². The highest BCUT2D eigenvalue weighted by Gasteiger charge is 2.10. The fourth-order valence-corrected chi connectivity index (χ4v) is 0.505. The van der Waals surface area contributed by atoms with E-state index in [-0.39, 0.29) is 0 Å². The number of rotatable bonds is 2. The van der Waals surface area contributed by atoms with Gasteiger partial charge in [-0.1, -0.05) is 5.57 Å². The normalized spacial score (nSPS) is 12.0. The molecule has 1 N–H and O–H groups in total. The highest BCUT2D eigenvalue weighted by Crippen LogP contribution is 1.95. The SMILES string of the molecule is COC(=O)[C@@H](O)C=C(C)C. The molecule has 0 aromatic carbocycles. The molecule has 1 atom stereocenters. The predicted octanol–water partition coefficient (Wildman–Crippen LogP) is 0.486. The number of hydrogen-bond acceptors (Lipinski definition) is 3. The lowest BCUT2D eigenvalue weighted by molar-refractivity contribution is -0.147. The van der Waals surface area contributed by atoms with Gasteiger partial charge in [0.15, 0.2) is 6.10 Å². The Labute approximate surface area is 60.3 Å². The summed E-state index contributed by atoms with van der Waals surface area (Å²) in [4.78, 5) is 10.5. The van der Waals surface area contributed by atoms with Gasteiger partial charge in [0.1, 0.15) is 0 Å². The summed E-state index contributed by atoms with van der Waals surface area (Å²) in [6.45, 7) is 3.60. The Morgan fingerprint density at radius 1 is 1.60 bits per heavy atom. The fourth-order valence-electron chi connectivity index (χ4n) is 0.505. The van der Waals surface area contributed by atoms with Crippen molar-refractivity contribution in [1.29, 1.82) is 0 Å². The van der Waals surface area contributed by atoms with Crippen LogP contribution in [0.15, 0.2) is 11.6 Å². The van der Waals surface area contributed by atoms with Crippen molar-refractivity contribution in [3.63, 3.8) is 0 Å². The predicted molar refractivity (Wildman–Crippen MR) is 37.5 cm³/mol. The molecule has 0 aromatic heterocycles. The maximum atomic E-state index is 10.5. The third-order valence-electron chi connectivity index (χ3n) is 0.934. The molecule has 58 valence electrons. The number of methoxy groups -OCH3 is 1. The van der Waals surface area contributed by atoms with Gasteiger partial charge in [-0.15, -0.1) is 0 Å². The van der Waals surface area contributed by atoms with Gasteiger partial charge in [-0.2, -0.15) is 0 Å². The van der Waals surface area contributed by atoms with Crippen LogP contribution in [0.2, 0.25) is 0 Å². The smallest absolute Gasteiger partial charge is 0.338 e. The fraction of sp³-hybridized carbons (Fsp3) is 0.571. The number of esters is 1. The lowest BCUT2D eigenvalue weighted by Gasteiger charge is -2.02. The molecule has 10 heavy (non-hydrogen) atoms. The average molecular weight is 144 g/mol. The lowest BCUT2D eigenvalue weighted by atomic mass is 10.2. The van der Waals surface area contributed by atoms with E-state index in [0.29, 0.717) is 0 Å². The molecule has 0 aliphatic rings. The Kier molecular flexibility index (Phi) is 3.72. The Hall–Kier alpha value is -0.830. The summed E-state index contributed by atoms with van der Waals surface area (Å²) in [5.74, 6) is -0.624. The van der Waals surface area contributed by atoms with E-state index in [4.69, 9.17) is 5.11 Å². The Balaban J connectivity index is 3.96. The van der Waals surface area contributed by atoms with Crippen molar-refractivity contribution < 1.29 is 14.6 Å². The molecule has 0 bridgehead atoms. The molecule has 0 aromatic rings. The molecule has 0 heterocycles. The second-order valence-electron chi connectivity index (χ2n) is 2.21. The van der Waals surface area contributed by atoms with E-state index in [9.17, 15) is 4.79 Å². The van der Waals surface area contributed by atoms with Gasteiger partial charge in [-0.3, -0.25) is 0 Å². The molecule has 3 heteroatoms. The third kappa shape index (κ3) is 3.25. The maximum Gasteiger partial charge on any atom is 0.338 e. The number of aliphatic hydroxyl groups excluding tert-OH is 1. The van der Waals surface area contributed by atoms with Gasteiger partial charge in [-0.25, -0.2) is 4.79 Å². The second kappa shape index (κ2) is 4.06. The van der Waals surface area contributed by atoms with Crippen molar-refractivity contribution in [3.8, 4) is 0 Å². The Morgan fingerprint density at radius 2 is 2.10 bits per heavy atom. The van der Waals surface area contributed by atoms with Crippen LogP contribution in [-0.2, 0) is 9.53 Å². The molecule has 0 unspecified atom stereocenters. The van der Waals surface area contributed by atoms with Crippen LogP contribution in [0.3, 0.4) is 0 Å². The van der Waals surface area contributed by atoms with Crippen molar-refractivity contribution in [2.75, 3.05) is 7.11 Å². The first-order chi connectivity index (χ1) is 4.57. The van der Waals surface area contributed by atoms with E-state index in [1.54, 1.807) is 13.8 Å². The van der Waals surface area contributed by atoms with E-state index < -0.39 is 12.1 Å². The van der Waals surface area contributed by atoms with E-state index in [1.165, 1.54) is 13.2 Å². The third-order valence-corrected chi connectivity index (χ3v) is 0.934. The molecule has 0 aliphatic heterocycles. The summed E-state index contributed by atoms with van der Waals surface area (Å²) < 4.78 is 4.28. The first kappa shape index (κ1) is 9.17. The molecule has 0 rings (SSSR count). The van der Waals surface area contributed by atoms with Gasteiger partial charge < -0.3 is 9.84 Å². The highest BCUT2D eigenvalue weighted by molar-refractivity contribution is 5.76. The van der Waals surface area contributed by atoms with Crippen LogP contribution in [0.5, 0.6) is 0 Å². The summed E-state index contributed by atoms with van der Waals surface area (Å²) in [5, 5.41) is 8.94. The van der Waals surface area contributed by atoms with Crippen molar-refractivity contribution in [1.82, 2.24) is 0 Å². The molecule has 3 nitrogen and oxygen atoms in total. The maximum absolute atomic E-state index is 10.5. The van der Waals surface area contributed by atoms with Gasteiger partial charge in [0.05, 0.1) is 7.11 Å². The summed E-state index contributed by atoms with van der Waals surface area (Å²) in [6, 6.07) is 0. The number of allylic oxidation sites excluding steroid dienone is 1. The monoisotopic (exact) mass is 144 g/mol. The molecule has 0 saturated heterocycles. The van der Waals surface area contributed by atoms with Crippen LogP contribution >= 0.6 is 0 Å². The quantitative estimate of drug-likeness (QED) is 0.453. The largest absolute Gasteiger partial charge is 0.467 e. The van der Waals surface area contributed by atoms with Crippen molar-refractivity contribution in [3.05, 3.63) is 11.6 Å². The molecule has 0 aliphatic carbocycles. The first-order valence-electron chi connectivity index (χ1n) is 2.99. The number of carbonyl (C=O) groups excluding carboxylic acids is 1. The average Bonchev–Trinajstić information content (AvgIpc) is 1.85. The van der Waals surface area contributed by atoms with E-state index >= 15 is 0 Å². The number of hydrogen-bond donors (Lipinski definition) is 1. The van der Waals surface area contributed by atoms with Crippen LogP contribution in [-0.4, -0.2) is 24.3 Å². The van der Waals surface area contributed by atoms with Crippen LogP contribution in [0, 0.1) is 0 Å². The van der Waals surface area contributed by atoms with Gasteiger partial charge in [0.2, 0.25) is 0 Å². The molecule has 0 amide bonds. The lowest BCUT2D eigenvalue weighted by Crippen LogP contribution is -2.19. The number of ether oxygens (including phenoxy) is 1. The number of aliphatic hydroxyl groups is 1. The van der Waals surface area contributed by atoms with E-state index in [0.717, 1.165) is 5.57 Å². The van der Waals surface area contributed by atoms with Crippen LogP contribution in [0.4, 0.5) is 0 Å². The Bertz CT molecular complexity index is 145. The molecule has 0 radical (unpaired) electrons. The number of carbonyl (C=O) groups is 1. The molecular weight excluding hydrogens is 132 g/mol. The minimum Gasteiger partial charge on any atom is -0.467 e. The van der Waals surface area contributed by atoms with Crippen molar-refractivity contribution in [2.24, 2.45) is 0 Å². The Morgan fingerprint density at radius 3 is 2.40 bits per heavy atom. The summed E-state index contributed by atoms with van der Waals surface area (Å²) in [6.07, 6.45) is 0.321. The van der Waals surface area contributed by atoms with Crippen molar-refractivity contribution in [2.45, 2.75) is 20.0 Å². The van der Waals surface area contributed by atoms with Crippen LogP contribution in [0.25, 0.3) is 0 Å². The minimum atomic E-state index is -1.12. The molecular formula is C7H12O3. The van der Waals surface area contributed by atoms with Crippen LogP contribution < -0.4 is 0 Å². The van der Waals surface area contributed by atoms with Gasteiger partial charge in [0, 0.05) is 0 Å². The standard InChI is InChI=1S/C7H12O3/c1-5(2)4-6(8)7(9)10-3/h4,6,8H,1-3H3/t6-/m0/s1. The summed E-state index contributed by atoms with van der Waals surface area (Å²) in [7, 11) is 1.24. The first-order valence-corrected chi connectivity index (χ1v) is 2.99. The zero-order valence-electron chi connectivity index (χ0n) is 6.42. The summed E-state index contributed by atoms with van der Waals surface area (Å²) >= 11 is 0. The highest BCUT2D eigenvalue weighted by atomic mass is 16.5. The second-order valence-corrected chi connectivity index (χ2v) is 2.21. The zero-order chi connectivity index (χ0) is 8.15. The van der Waals surface area contributed by atoms with Gasteiger partial charge in [0.25, 0.3) is 0 Å². The van der Waals surface area contributed by atoms with E-state index in [2.05, 4.69) is 4.74 Å². The molecule has 0 fully saturated rings.